The first-order valence-corrected chi connectivity index (χ1v) is 5.69. The number of nitrogens with zero attached hydrogens (tertiary/aromatic N) is 1. The van der Waals surface area contributed by atoms with Crippen molar-refractivity contribution in [3.63, 3.8) is 0 Å². The number of ether oxygens (including phenoxy) is 1. The summed E-state index contributed by atoms with van der Waals surface area (Å²) in [6.45, 7) is 1.55. The molecule has 0 bridgehead atoms. The van der Waals surface area contributed by atoms with Crippen LogP contribution in [0.5, 0.6) is 0 Å². The molecule has 0 atom stereocenters. The summed E-state index contributed by atoms with van der Waals surface area (Å²) in [6, 6.07) is 0. The Kier molecular flexibility index (Phi) is 5.72. The molecule has 0 aliphatic rings. The van der Waals surface area contributed by atoms with Gasteiger partial charge in [0.15, 0.2) is 0 Å². The second-order valence-electron chi connectivity index (χ2n) is 2.97. The lowest BCUT2D eigenvalue weighted by Gasteiger charge is -2.04. The van der Waals surface area contributed by atoms with Crippen LogP contribution in [0.15, 0.2) is 11.7 Å². The van der Waals surface area contributed by atoms with Gasteiger partial charge in [-0.05, 0) is 19.4 Å². The van der Waals surface area contributed by atoms with Crippen LogP contribution < -0.4 is 11.1 Å². The topological polar surface area (TPSA) is 77.2 Å². The van der Waals surface area contributed by atoms with E-state index in [1.165, 1.54) is 11.3 Å². The maximum absolute atomic E-state index is 11.1. The molecule has 0 aliphatic carbocycles. The number of aromatic nitrogens is 1. The van der Waals surface area contributed by atoms with Crippen LogP contribution in [0.1, 0.15) is 17.7 Å². The number of amides is 1. The van der Waals surface area contributed by atoms with E-state index in [1.807, 2.05) is 0 Å². The van der Waals surface area contributed by atoms with Gasteiger partial charge in [-0.3, -0.25) is 4.98 Å². The van der Waals surface area contributed by atoms with Crippen LogP contribution in [0.25, 0.3) is 0 Å². The smallest absolute Gasteiger partial charge is 0.407 e. The molecule has 0 spiro atoms. The third-order valence-electron chi connectivity index (χ3n) is 1.73. The van der Waals surface area contributed by atoms with E-state index in [2.05, 4.69) is 10.3 Å². The molecule has 84 valence electrons. The van der Waals surface area contributed by atoms with Crippen molar-refractivity contribution in [2.24, 2.45) is 5.73 Å². The molecule has 0 saturated heterocycles. The minimum atomic E-state index is -0.388. The van der Waals surface area contributed by atoms with Gasteiger partial charge >= 0.3 is 6.09 Å². The quantitative estimate of drug-likeness (QED) is 0.716. The Morgan fingerprint density at radius 1 is 1.60 bits per heavy atom. The van der Waals surface area contributed by atoms with E-state index in [9.17, 15) is 4.79 Å². The second-order valence-corrected chi connectivity index (χ2v) is 3.94. The van der Waals surface area contributed by atoms with E-state index in [-0.39, 0.29) is 12.7 Å². The summed E-state index contributed by atoms with van der Waals surface area (Å²) in [6.07, 6.45) is 3.09. The van der Waals surface area contributed by atoms with Gasteiger partial charge in [-0.25, -0.2) is 4.79 Å². The highest BCUT2D eigenvalue weighted by atomic mass is 32.1. The van der Waals surface area contributed by atoms with E-state index >= 15 is 0 Å². The number of unbranched alkanes of at least 4 members (excludes halogenated alkanes) is 1. The Bertz CT molecular complexity index is 277. The average Bonchev–Trinajstić information content (AvgIpc) is 2.74. The highest BCUT2D eigenvalue weighted by Gasteiger charge is 2.02. The molecule has 3 N–H and O–H groups in total. The van der Waals surface area contributed by atoms with Crippen molar-refractivity contribution in [1.29, 1.82) is 0 Å². The van der Waals surface area contributed by atoms with Gasteiger partial charge in [0, 0.05) is 12.7 Å². The fraction of sp³-hybridized carbons (Fsp3) is 0.556. The first-order valence-electron chi connectivity index (χ1n) is 4.81. The van der Waals surface area contributed by atoms with Crippen LogP contribution in [0.2, 0.25) is 0 Å². The summed E-state index contributed by atoms with van der Waals surface area (Å²) in [5, 5.41) is 2.65. The predicted molar refractivity (Wildman–Crippen MR) is 58.6 cm³/mol. The standard InChI is InChI=1S/C9H15N3O2S/c10-3-1-2-4-12-9(13)14-6-8-5-11-7-15-8/h5,7H,1-4,6,10H2,(H,12,13). The van der Waals surface area contributed by atoms with E-state index in [0.29, 0.717) is 13.1 Å². The molecule has 0 aromatic carbocycles. The minimum Gasteiger partial charge on any atom is -0.444 e. The summed E-state index contributed by atoms with van der Waals surface area (Å²) in [7, 11) is 0. The number of thiazole rings is 1. The number of carbonyl (C=O) groups is 1. The van der Waals surface area contributed by atoms with Crippen molar-refractivity contribution < 1.29 is 9.53 Å². The van der Waals surface area contributed by atoms with E-state index in [4.69, 9.17) is 10.5 Å². The Labute approximate surface area is 92.6 Å². The highest BCUT2D eigenvalue weighted by molar-refractivity contribution is 7.09. The molecular formula is C9H15N3O2S. The van der Waals surface area contributed by atoms with Crippen LogP contribution in [0, 0.1) is 0 Å². The van der Waals surface area contributed by atoms with Crippen LogP contribution in [-0.4, -0.2) is 24.2 Å². The third-order valence-corrected chi connectivity index (χ3v) is 2.48. The largest absolute Gasteiger partial charge is 0.444 e. The molecule has 0 radical (unpaired) electrons. The summed E-state index contributed by atoms with van der Waals surface area (Å²) in [4.78, 5) is 15.9. The highest BCUT2D eigenvalue weighted by Crippen LogP contribution is 2.06. The molecule has 5 nitrogen and oxygen atoms in total. The molecule has 6 heteroatoms. The number of nitrogens with two attached hydrogens (primary N) is 1. The molecule has 0 unspecified atom stereocenters. The fourth-order valence-corrected chi connectivity index (χ4v) is 1.47. The SMILES string of the molecule is NCCCCNC(=O)OCc1cncs1. The summed E-state index contributed by atoms with van der Waals surface area (Å²) >= 11 is 1.46. The van der Waals surface area contributed by atoms with Crippen molar-refractivity contribution in [1.82, 2.24) is 10.3 Å². The summed E-state index contributed by atoms with van der Waals surface area (Å²) < 4.78 is 4.96. The Morgan fingerprint density at radius 2 is 2.47 bits per heavy atom. The maximum Gasteiger partial charge on any atom is 0.407 e. The number of rotatable bonds is 6. The first kappa shape index (κ1) is 11.9. The van der Waals surface area contributed by atoms with Gasteiger partial charge in [0.25, 0.3) is 0 Å². The van der Waals surface area contributed by atoms with Gasteiger partial charge < -0.3 is 15.8 Å². The normalized spacial score (nSPS) is 9.93. The minimum absolute atomic E-state index is 0.285. The molecule has 1 heterocycles. The summed E-state index contributed by atoms with van der Waals surface area (Å²) in [5.41, 5.74) is 7.02. The van der Waals surface area contributed by atoms with E-state index in [0.717, 1.165) is 17.7 Å². The van der Waals surface area contributed by atoms with Crippen molar-refractivity contribution >= 4 is 17.4 Å². The molecular weight excluding hydrogens is 214 g/mol. The molecule has 1 rings (SSSR count). The second kappa shape index (κ2) is 7.19. The number of hydrogen-bond donors (Lipinski definition) is 2. The van der Waals surface area contributed by atoms with Gasteiger partial charge in [0.1, 0.15) is 6.61 Å². The lowest BCUT2D eigenvalue weighted by atomic mass is 10.3. The third kappa shape index (κ3) is 5.34. The average molecular weight is 229 g/mol. The zero-order valence-electron chi connectivity index (χ0n) is 8.44. The van der Waals surface area contributed by atoms with Crippen LogP contribution in [-0.2, 0) is 11.3 Å². The van der Waals surface area contributed by atoms with Crippen molar-refractivity contribution in [2.45, 2.75) is 19.4 Å². The number of hydrogen-bond acceptors (Lipinski definition) is 5. The molecule has 15 heavy (non-hydrogen) atoms. The van der Waals surface area contributed by atoms with E-state index in [1.54, 1.807) is 11.7 Å². The molecule has 1 aromatic heterocycles. The zero-order valence-corrected chi connectivity index (χ0v) is 9.26. The van der Waals surface area contributed by atoms with Crippen LogP contribution >= 0.6 is 11.3 Å². The predicted octanol–water partition coefficient (Wildman–Crippen LogP) is 1.11. The number of alkyl carbamates (subject to hydrolysis) is 1. The molecule has 0 saturated carbocycles. The van der Waals surface area contributed by atoms with Gasteiger partial charge in [-0.2, -0.15) is 0 Å². The Balaban J connectivity index is 2.04. The van der Waals surface area contributed by atoms with Crippen LogP contribution in [0.4, 0.5) is 4.79 Å². The lowest BCUT2D eigenvalue weighted by Crippen LogP contribution is -2.25. The van der Waals surface area contributed by atoms with E-state index < -0.39 is 0 Å². The molecule has 0 aliphatic heterocycles. The van der Waals surface area contributed by atoms with Crippen LogP contribution in [0.3, 0.4) is 0 Å². The van der Waals surface area contributed by atoms with Crippen molar-refractivity contribution in [3.8, 4) is 0 Å². The van der Waals surface area contributed by atoms with Gasteiger partial charge in [-0.1, -0.05) is 0 Å². The van der Waals surface area contributed by atoms with Crippen molar-refractivity contribution in [3.05, 3.63) is 16.6 Å². The number of carbonyl (C=O) groups excluding carboxylic acids is 1. The summed E-state index contributed by atoms with van der Waals surface area (Å²) in [5.74, 6) is 0. The monoisotopic (exact) mass is 229 g/mol. The number of nitrogens with one attached hydrogen (secondary N) is 1. The molecule has 1 amide bonds. The van der Waals surface area contributed by atoms with Gasteiger partial charge in [0.05, 0.1) is 10.4 Å². The molecule has 0 fully saturated rings. The fourth-order valence-electron chi connectivity index (χ4n) is 0.961. The van der Waals surface area contributed by atoms with Gasteiger partial charge in [-0.15, -0.1) is 11.3 Å². The maximum atomic E-state index is 11.1. The lowest BCUT2D eigenvalue weighted by molar-refractivity contribution is 0.140. The zero-order chi connectivity index (χ0) is 10.9. The molecule has 1 aromatic rings. The first-order chi connectivity index (χ1) is 7.33. The Morgan fingerprint density at radius 3 is 3.13 bits per heavy atom. The van der Waals surface area contributed by atoms with Crippen molar-refractivity contribution in [2.75, 3.05) is 13.1 Å². The Hall–Kier alpha value is -1.14. The van der Waals surface area contributed by atoms with Gasteiger partial charge in [0.2, 0.25) is 0 Å².